The molecule has 5 heteroatoms. The summed E-state index contributed by atoms with van der Waals surface area (Å²) in [6.45, 7) is 0. The molecular formula is C9H13ClN2O2. The Balaban J connectivity index is 0.00000169. The van der Waals surface area contributed by atoms with Gasteiger partial charge in [0.05, 0.1) is 7.11 Å². The number of nitrogen functional groups attached to an aromatic ring is 1. The fraction of sp³-hybridized carbons (Fsp3) is 0.333. The molecule has 0 bridgehead atoms. The van der Waals surface area contributed by atoms with E-state index in [9.17, 15) is 4.79 Å². The molecule has 0 spiro atoms. The summed E-state index contributed by atoms with van der Waals surface area (Å²) < 4.78 is 4.52. The summed E-state index contributed by atoms with van der Waals surface area (Å²) in [5.41, 5.74) is 6.47. The van der Waals surface area contributed by atoms with Crippen molar-refractivity contribution in [3.63, 3.8) is 0 Å². The number of anilines is 1. The standard InChI is InChI=1S/C9H12N2O2.ClH/c1-13-9(12)3-2-7-4-5-11-8(10)6-7;/h4-6H,2-3H2,1H3,(H2,10,11);1H. The molecule has 1 heterocycles. The first-order valence-electron chi connectivity index (χ1n) is 3.99. The second kappa shape index (κ2) is 6.21. The third-order valence-electron chi connectivity index (χ3n) is 1.69. The fourth-order valence-electron chi connectivity index (χ4n) is 0.998. The Morgan fingerprint density at radius 1 is 1.64 bits per heavy atom. The van der Waals surface area contributed by atoms with Gasteiger partial charge in [-0.05, 0) is 24.1 Å². The summed E-state index contributed by atoms with van der Waals surface area (Å²) in [6, 6.07) is 3.59. The Kier molecular flexibility index (Phi) is 5.64. The number of ether oxygens (including phenoxy) is 1. The number of nitrogens with two attached hydrogens (primary N) is 1. The monoisotopic (exact) mass is 216 g/mol. The van der Waals surface area contributed by atoms with Gasteiger partial charge < -0.3 is 10.5 Å². The molecule has 0 fully saturated rings. The van der Waals surface area contributed by atoms with Crippen LogP contribution in [0, 0.1) is 0 Å². The van der Waals surface area contributed by atoms with Gasteiger partial charge in [0.25, 0.3) is 0 Å². The van der Waals surface area contributed by atoms with E-state index in [2.05, 4.69) is 9.72 Å². The number of aryl methyl sites for hydroxylation is 1. The zero-order valence-electron chi connectivity index (χ0n) is 7.90. The summed E-state index contributed by atoms with van der Waals surface area (Å²) in [5, 5.41) is 0. The molecule has 0 aromatic carbocycles. The van der Waals surface area contributed by atoms with Crippen molar-refractivity contribution in [2.24, 2.45) is 0 Å². The lowest BCUT2D eigenvalue weighted by Crippen LogP contribution is -2.02. The molecule has 0 unspecified atom stereocenters. The number of hydrogen-bond acceptors (Lipinski definition) is 4. The molecule has 0 atom stereocenters. The molecule has 4 nitrogen and oxygen atoms in total. The summed E-state index contributed by atoms with van der Waals surface area (Å²) in [4.78, 5) is 14.6. The van der Waals surface area contributed by atoms with Crippen LogP contribution in [0.25, 0.3) is 0 Å². The highest BCUT2D eigenvalue weighted by molar-refractivity contribution is 5.85. The average Bonchev–Trinajstić information content (AvgIpc) is 2.14. The average molecular weight is 217 g/mol. The number of halogens is 1. The minimum atomic E-state index is -0.213. The van der Waals surface area contributed by atoms with Gasteiger partial charge in [-0.3, -0.25) is 4.79 Å². The number of esters is 1. The van der Waals surface area contributed by atoms with Gasteiger partial charge in [-0.2, -0.15) is 0 Å². The Morgan fingerprint density at radius 2 is 2.36 bits per heavy atom. The molecule has 1 aromatic heterocycles. The lowest BCUT2D eigenvalue weighted by atomic mass is 10.1. The van der Waals surface area contributed by atoms with Crippen LogP contribution in [0.15, 0.2) is 18.3 Å². The highest BCUT2D eigenvalue weighted by atomic mass is 35.5. The van der Waals surface area contributed by atoms with Crippen molar-refractivity contribution < 1.29 is 9.53 Å². The maximum absolute atomic E-state index is 10.8. The molecule has 14 heavy (non-hydrogen) atoms. The topological polar surface area (TPSA) is 65.2 Å². The smallest absolute Gasteiger partial charge is 0.305 e. The van der Waals surface area contributed by atoms with E-state index < -0.39 is 0 Å². The van der Waals surface area contributed by atoms with Crippen molar-refractivity contribution in [2.75, 3.05) is 12.8 Å². The molecule has 1 aromatic rings. The highest BCUT2D eigenvalue weighted by Gasteiger charge is 2.01. The van der Waals surface area contributed by atoms with Crippen molar-refractivity contribution in [3.8, 4) is 0 Å². The lowest BCUT2D eigenvalue weighted by Gasteiger charge is -2.00. The highest BCUT2D eigenvalue weighted by Crippen LogP contribution is 2.05. The van der Waals surface area contributed by atoms with Gasteiger partial charge in [0.1, 0.15) is 5.82 Å². The number of pyridine rings is 1. The fourth-order valence-corrected chi connectivity index (χ4v) is 0.998. The van der Waals surface area contributed by atoms with Crippen LogP contribution >= 0.6 is 12.4 Å². The minimum Gasteiger partial charge on any atom is -0.469 e. The molecule has 0 saturated heterocycles. The van der Waals surface area contributed by atoms with E-state index in [1.165, 1.54) is 7.11 Å². The van der Waals surface area contributed by atoms with Crippen molar-refractivity contribution in [1.82, 2.24) is 4.98 Å². The number of rotatable bonds is 3. The van der Waals surface area contributed by atoms with Crippen LogP contribution in [0.2, 0.25) is 0 Å². The zero-order valence-corrected chi connectivity index (χ0v) is 8.71. The molecule has 0 saturated carbocycles. The second-order valence-corrected chi connectivity index (χ2v) is 2.67. The van der Waals surface area contributed by atoms with Crippen LogP contribution in [-0.2, 0) is 16.0 Å². The van der Waals surface area contributed by atoms with Gasteiger partial charge >= 0.3 is 5.97 Å². The Labute approximate surface area is 88.9 Å². The Bertz CT molecular complexity index is 305. The van der Waals surface area contributed by atoms with E-state index in [4.69, 9.17) is 5.73 Å². The van der Waals surface area contributed by atoms with Gasteiger partial charge in [-0.1, -0.05) is 0 Å². The maximum atomic E-state index is 10.8. The van der Waals surface area contributed by atoms with Gasteiger partial charge in [-0.15, -0.1) is 12.4 Å². The van der Waals surface area contributed by atoms with Crippen molar-refractivity contribution in [2.45, 2.75) is 12.8 Å². The van der Waals surface area contributed by atoms with Crippen molar-refractivity contribution in [3.05, 3.63) is 23.9 Å². The van der Waals surface area contributed by atoms with E-state index in [1.54, 1.807) is 12.3 Å². The molecule has 0 radical (unpaired) electrons. The van der Waals surface area contributed by atoms with Crippen LogP contribution in [0.1, 0.15) is 12.0 Å². The molecule has 78 valence electrons. The number of carbonyl (C=O) groups excluding carboxylic acids is 1. The van der Waals surface area contributed by atoms with Crippen LogP contribution in [0.5, 0.6) is 0 Å². The predicted octanol–water partition coefficient (Wildman–Crippen LogP) is 1.19. The second-order valence-electron chi connectivity index (χ2n) is 2.67. The first-order chi connectivity index (χ1) is 6.22. The van der Waals surface area contributed by atoms with Crippen molar-refractivity contribution >= 4 is 24.2 Å². The van der Waals surface area contributed by atoms with Crippen molar-refractivity contribution in [1.29, 1.82) is 0 Å². The summed E-state index contributed by atoms with van der Waals surface area (Å²) >= 11 is 0. The van der Waals surface area contributed by atoms with Crippen LogP contribution in [-0.4, -0.2) is 18.1 Å². The summed E-state index contributed by atoms with van der Waals surface area (Å²) in [5.74, 6) is 0.262. The molecule has 0 aliphatic carbocycles. The molecule has 0 aliphatic rings. The van der Waals surface area contributed by atoms with E-state index in [1.807, 2.05) is 6.07 Å². The molecule has 0 amide bonds. The molecule has 1 rings (SSSR count). The summed E-state index contributed by atoms with van der Waals surface area (Å²) in [6.07, 6.45) is 2.64. The van der Waals surface area contributed by atoms with Crippen LogP contribution < -0.4 is 5.73 Å². The van der Waals surface area contributed by atoms with Gasteiger partial charge in [0.2, 0.25) is 0 Å². The third kappa shape index (κ3) is 4.09. The van der Waals surface area contributed by atoms with Gasteiger partial charge in [-0.25, -0.2) is 4.98 Å². The normalized spacial score (nSPS) is 8.93. The van der Waals surface area contributed by atoms with Crippen LogP contribution in [0.4, 0.5) is 5.82 Å². The first kappa shape index (κ1) is 12.7. The quantitative estimate of drug-likeness (QED) is 0.771. The molecular weight excluding hydrogens is 204 g/mol. The lowest BCUT2D eigenvalue weighted by molar-refractivity contribution is -0.140. The van der Waals surface area contributed by atoms with E-state index >= 15 is 0 Å². The van der Waals surface area contributed by atoms with E-state index in [-0.39, 0.29) is 18.4 Å². The van der Waals surface area contributed by atoms with Gasteiger partial charge in [0.15, 0.2) is 0 Å². The van der Waals surface area contributed by atoms with E-state index in [0.29, 0.717) is 18.7 Å². The Hall–Kier alpha value is -1.29. The van der Waals surface area contributed by atoms with E-state index in [0.717, 1.165) is 5.56 Å². The van der Waals surface area contributed by atoms with Gasteiger partial charge in [0, 0.05) is 12.6 Å². The number of hydrogen-bond donors (Lipinski definition) is 1. The van der Waals surface area contributed by atoms with Crippen LogP contribution in [0.3, 0.4) is 0 Å². The SMILES string of the molecule is COC(=O)CCc1ccnc(N)c1.Cl. The number of aromatic nitrogens is 1. The number of carbonyl (C=O) groups is 1. The number of methoxy groups -OCH3 is 1. The number of nitrogens with zero attached hydrogens (tertiary/aromatic N) is 1. The molecule has 0 aliphatic heterocycles. The first-order valence-corrected chi connectivity index (χ1v) is 3.99. The maximum Gasteiger partial charge on any atom is 0.305 e. The minimum absolute atomic E-state index is 0. The summed E-state index contributed by atoms with van der Waals surface area (Å²) in [7, 11) is 1.38. The zero-order chi connectivity index (χ0) is 9.68. The third-order valence-corrected chi connectivity index (χ3v) is 1.69. The predicted molar refractivity (Wildman–Crippen MR) is 56.2 cm³/mol. The molecule has 2 N–H and O–H groups in total. The Morgan fingerprint density at radius 3 is 2.93 bits per heavy atom. The largest absolute Gasteiger partial charge is 0.469 e.